The molecule has 4 heteroatoms. The zero-order valence-corrected chi connectivity index (χ0v) is 12.3. The summed E-state index contributed by atoms with van der Waals surface area (Å²) in [5.41, 5.74) is 1.20. The van der Waals surface area contributed by atoms with E-state index < -0.39 is 8.38 Å². The van der Waals surface area contributed by atoms with E-state index in [9.17, 15) is 0 Å². The van der Waals surface area contributed by atoms with E-state index in [0.29, 0.717) is 13.2 Å². The van der Waals surface area contributed by atoms with Crippen molar-refractivity contribution in [2.24, 2.45) is 0 Å². The fourth-order valence-electron chi connectivity index (χ4n) is 1.46. The second-order valence-corrected chi connectivity index (χ2v) is 5.10. The van der Waals surface area contributed by atoms with Crippen LogP contribution in [0.1, 0.15) is 32.8 Å². The molecule has 0 saturated carbocycles. The average Bonchev–Trinajstić information content (AvgIpc) is 2.37. The maximum absolute atomic E-state index is 5.68. The van der Waals surface area contributed by atoms with Gasteiger partial charge < -0.3 is 9.05 Å². The first-order valence-corrected chi connectivity index (χ1v) is 7.31. The predicted molar refractivity (Wildman–Crippen MR) is 80.6 cm³/mol. The van der Waals surface area contributed by atoms with Crippen LogP contribution in [0.3, 0.4) is 0 Å². The topological polar surface area (TPSA) is 18.5 Å². The average molecular weight is 263 g/mol. The first-order chi connectivity index (χ1) is 8.31. The molecule has 0 N–H and O–H groups in total. The molecule has 1 aromatic carbocycles. The third-order valence-corrected chi connectivity index (χ3v) is 4.12. The molecular formula is C14H21BO2P. The number of allylic oxidation sites excluding steroid dienone is 1. The smallest absolute Gasteiger partial charge is 0.200 e. The summed E-state index contributed by atoms with van der Waals surface area (Å²) in [5.74, 6) is 0. The van der Waals surface area contributed by atoms with Crippen molar-refractivity contribution in [2.75, 3.05) is 13.2 Å². The van der Waals surface area contributed by atoms with Gasteiger partial charge in [-0.15, -0.1) is 0 Å². The van der Waals surface area contributed by atoms with Crippen molar-refractivity contribution < 1.29 is 9.05 Å². The Labute approximate surface area is 114 Å². The SMILES string of the molecule is CCOP(OCC)/C(=C/c1ccccc1)CC.[B]. The largest absolute Gasteiger partial charge is 0.331 e. The summed E-state index contributed by atoms with van der Waals surface area (Å²) >= 11 is 0. The van der Waals surface area contributed by atoms with Gasteiger partial charge in [0, 0.05) is 13.7 Å². The lowest BCUT2D eigenvalue weighted by Crippen LogP contribution is -1.93. The molecule has 0 heterocycles. The van der Waals surface area contributed by atoms with Crippen molar-refractivity contribution in [1.82, 2.24) is 0 Å². The molecule has 0 atom stereocenters. The van der Waals surface area contributed by atoms with E-state index in [2.05, 4.69) is 25.1 Å². The normalized spacial score (nSPS) is 11.4. The molecule has 97 valence electrons. The van der Waals surface area contributed by atoms with Gasteiger partial charge in [0.15, 0.2) is 0 Å². The van der Waals surface area contributed by atoms with E-state index >= 15 is 0 Å². The monoisotopic (exact) mass is 263 g/mol. The molecule has 1 aromatic rings. The van der Waals surface area contributed by atoms with Crippen molar-refractivity contribution in [3.8, 4) is 0 Å². The molecular weight excluding hydrogens is 242 g/mol. The van der Waals surface area contributed by atoms with E-state index in [4.69, 9.17) is 9.05 Å². The van der Waals surface area contributed by atoms with E-state index in [-0.39, 0.29) is 8.41 Å². The first-order valence-electron chi connectivity index (χ1n) is 6.13. The molecule has 0 saturated heterocycles. The summed E-state index contributed by atoms with van der Waals surface area (Å²) in [7, 11) is -0.887. The maximum Gasteiger partial charge on any atom is 0.200 e. The van der Waals surface area contributed by atoms with Crippen molar-refractivity contribution in [1.29, 1.82) is 0 Å². The van der Waals surface area contributed by atoms with Crippen LogP contribution in [-0.4, -0.2) is 21.6 Å². The molecule has 0 fully saturated rings. The van der Waals surface area contributed by atoms with E-state index in [0.717, 1.165) is 6.42 Å². The highest BCUT2D eigenvalue weighted by molar-refractivity contribution is 7.52. The van der Waals surface area contributed by atoms with Crippen LogP contribution >= 0.6 is 8.38 Å². The second-order valence-electron chi connectivity index (χ2n) is 3.49. The van der Waals surface area contributed by atoms with Crippen molar-refractivity contribution in [3.05, 3.63) is 41.2 Å². The Morgan fingerprint density at radius 1 is 1.06 bits per heavy atom. The predicted octanol–water partition coefficient (Wildman–Crippen LogP) is 4.44. The maximum atomic E-state index is 5.68. The van der Waals surface area contributed by atoms with Gasteiger partial charge in [0.25, 0.3) is 0 Å². The van der Waals surface area contributed by atoms with Gasteiger partial charge in [-0.05, 0) is 31.9 Å². The molecule has 0 bridgehead atoms. The lowest BCUT2D eigenvalue weighted by molar-refractivity contribution is 0.274. The molecule has 18 heavy (non-hydrogen) atoms. The third-order valence-electron chi connectivity index (χ3n) is 2.22. The van der Waals surface area contributed by atoms with Gasteiger partial charge in [0.1, 0.15) is 0 Å². The minimum atomic E-state index is -0.887. The van der Waals surface area contributed by atoms with Crippen LogP contribution in [0.25, 0.3) is 6.08 Å². The van der Waals surface area contributed by atoms with E-state index in [1.165, 1.54) is 10.9 Å². The summed E-state index contributed by atoms with van der Waals surface area (Å²) in [6.07, 6.45) is 3.14. The Morgan fingerprint density at radius 3 is 2.06 bits per heavy atom. The Bertz CT molecular complexity index is 335. The zero-order chi connectivity index (χ0) is 12.5. The van der Waals surface area contributed by atoms with Crippen molar-refractivity contribution >= 4 is 22.9 Å². The Morgan fingerprint density at radius 2 is 1.61 bits per heavy atom. The molecule has 0 amide bonds. The van der Waals surface area contributed by atoms with Crippen LogP contribution < -0.4 is 0 Å². The fourth-order valence-corrected chi connectivity index (χ4v) is 2.85. The van der Waals surface area contributed by atoms with Gasteiger partial charge in [0.05, 0.1) is 13.2 Å². The molecule has 1 rings (SSSR count). The second kappa shape index (κ2) is 10.3. The minimum absolute atomic E-state index is 0. The molecule has 0 unspecified atom stereocenters. The number of benzene rings is 1. The molecule has 0 aliphatic rings. The Kier molecular flexibility index (Phi) is 9.95. The lowest BCUT2D eigenvalue weighted by Gasteiger charge is -2.18. The third kappa shape index (κ3) is 5.81. The number of hydrogen-bond donors (Lipinski definition) is 0. The van der Waals surface area contributed by atoms with E-state index in [1.54, 1.807) is 0 Å². The molecule has 0 aromatic heterocycles. The Balaban J connectivity index is 0.00000289. The molecule has 0 aliphatic carbocycles. The van der Waals surface area contributed by atoms with Crippen LogP contribution in [0.2, 0.25) is 0 Å². The summed E-state index contributed by atoms with van der Waals surface area (Å²) in [6, 6.07) is 10.3. The molecule has 3 radical (unpaired) electrons. The minimum Gasteiger partial charge on any atom is -0.331 e. The van der Waals surface area contributed by atoms with Gasteiger partial charge in [-0.25, -0.2) is 0 Å². The Hall–Kier alpha value is -0.625. The quantitative estimate of drug-likeness (QED) is 0.534. The number of rotatable bonds is 7. The van der Waals surface area contributed by atoms with Crippen molar-refractivity contribution in [3.63, 3.8) is 0 Å². The first kappa shape index (κ1) is 17.4. The lowest BCUT2D eigenvalue weighted by atomic mass is 10.2. The molecule has 0 aliphatic heterocycles. The van der Waals surface area contributed by atoms with Crippen LogP contribution in [-0.2, 0) is 9.05 Å². The van der Waals surface area contributed by atoms with Gasteiger partial charge in [-0.2, -0.15) is 0 Å². The van der Waals surface area contributed by atoms with E-state index in [1.807, 2.05) is 32.0 Å². The highest BCUT2D eigenvalue weighted by Crippen LogP contribution is 2.49. The number of hydrogen-bond acceptors (Lipinski definition) is 2. The van der Waals surface area contributed by atoms with Gasteiger partial charge in [0.2, 0.25) is 8.38 Å². The summed E-state index contributed by atoms with van der Waals surface area (Å²) in [6.45, 7) is 7.53. The van der Waals surface area contributed by atoms with Crippen molar-refractivity contribution in [2.45, 2.75) is 27.2 Å². The van der Waals surface area contributed by atoms with Gasteiger partial charge in [-0.1, -0.05) is 37.3 Å². The van der Waals surface area contributed by atoms with Crippen LogP contribution in [0.5, 0.6) is 0 Å². The summed E-state index contributed by atoms with van der Waals surface area (Å²) in [4.78, 5) is 0. The van der Waals surface area contributed by atoms with Crippen LogP contribution in [0.4, 0.5) is 0 Å². The highest BCUT2D eigenvalue weighted by Gasteiger charge is 2.14. The van der Waals surface area contributed by atoms with Gasteiger partial charge >= 0.3 is 0 Å². The molecule has 0 spiro atoms. The summed E-state index contributed by atoms with van der Waals surface area (Å²) < 4.78 is 11.4. The van der Waals surface area contributed by atoms with Crippen LogP contribution in [0.15, 0.2) is 35.6 Å². The van der Waals surface area contributed by atoms with Gasteiger partial charge in [-0.3, -0.25) is 0 Å². The molecule has 2 nitrogen and oxygen atoms in total. The van der Waals surface area contributed by atoms with Crippen LogP contribution in [0, 0.1) is 0 Å². The highest BCUT2D eigenvalue weighted by atomic mass is 31.2. The fraction of sp³-hybridized carbons (Fsp3) is 0.429. The zero-order valence-electron chi connectivity index (χ0n) is 11.4. The summed E-state index contributed by atoms with van der Waals surface area (Å²) in [5, 5.41) is 1.25. The standard InChI is InChI=1S/C14H21O2P.B/c1-4-14(17(15-5-2)16-6-3)12-13-10-8-7-9-11-13;/h7-12H,4-6H2,1-3H3;/b14-12+;.